The van der Waals surface area contributed by atoms with Crippen molar-refractivity contribution < 1.29 is 0 Å². The molecule has 0 aliphatic heterocycles. The summed E-state index contributed by atoms with van der Waals surface area (Å²) in [4.78, 5) is 2.46. The van der Waals surface area contributed by atoms with E-state index in [1.807, 2.05) is 0 Å². The van der Waals surface area contributed by atoms with Gasteiger partial charge in [-0.3, -0.25) is 0 Å². The highest BCUT2D eigenvalue weighted by Gasteiger charge is 2.29. The topological polar surface area (TPSA) is 15.3 Å². The fraction of sp³-hybridized carbons (Fsp3) is 0.667. The van der Waals surface area contributed by atoms with E-state index in [1.54, 1.807) is 0 Å². The third-order valence-corrected chi connectivity index (χ3v) is 4.89. The van der Waals surface area contributed by atoms with Crippen molar-refractivity contribution in [2.45, 2.75) is 57.5 Å². The van der Waals surface area contributed by atoms with Crippen LogP contribution >= 0.6 is 0 Å². The Morgan fingerprint density at radius 2 is 1.75 bits per heavy atom. The first-order chi connectivity index (χ1) is 9.63. The van der Waals surface area contributed by atoms with Gasteiger partial charge in [0.05, 0.1) is 0 Å². The third-order valence-electron chi connectivity index (χ3n) is 4.89. The first-order valence-electron chi connectivity index (χ1n) is 8.07. The number of hydrogen-bond acceptors (Lipinski definition) is 2. The van der Waals surface area contributed by atoms with Gasteiger partial charge in [-0.15, -0.1) is 0 Å². The molecule has 20 heavy (non-hydrogen) atoms. The summed E-state index contributed by atoms with van der Waals surface area (Å²) in [5.41, 5.74) is 3.16. The lowest BCUT2D eigenvalue weighted by atomic mass is 9.79. The van der Waals surface area contributed by atoms with Crippen molar-refractivity contribution in [1.29, 1.82) is 0 Å². The number of benzene rings is 1. The maximum Gasteiger partial charge on any atom is 0.0230 e. The monoisotopic (exact) mass is 274 g/mol. The van der Waals surface area contributed by atoms with Crippen molar-refractivity contribution in [3.63, 3.8) is 0 Å². The van der Waals surface area contributed by atoms with Gasteiger partial charge in [-0.1, -0.05) is 49.1 Å². The number of hydrogen-bond donors (Lipinski definition) is 1. The van der Waals surface area contributed by atoms with Crippen molar-refractivity contribution >= 4 is 0 Å². The van der Waals surface area contributed by atoms with Crippen LogP contribution in [0.25, 0.3) is 0 Å². The van der Waals surface area contributed by atoms with E-state index in [9.17, 15) is 0 Å². The molecule has 0 amide bonds. The van der Waals surface area contributed by atoms with Crippen LogP contribution in [0.2, 0.25) is 0 Å². The third kappa shape index (κ3) is 4.32. The Morgan fingerprint density at radius 3 is 2.35 bits per heavy atom. The van der Waals surface area contributed by atoms with Crippen LogP contribution in [0.5, 0.6) is 0 Å². The summed E-state index contributed by atoms with van der Waals surface area (Å²) in [6, 6.07) is 8.92. The molecule has 112 valence electrons. The van der Waals surface area contributed by atoms with Gasteiger partial charge in [0.2, 0.25) is 0 Å². The SMILES string of the molecule is CNC1(CCN(C)Cc2ccc(C)cc2)CCCCC1. The van der Waals surface area contributed by atoms with Crippen LogP contribution < -0.4 is 5.32 Å². The Kier molecular flexibility index (Phi) is 5.62. The largest absolute Gasteiger partial charge is 0.314 e. The van der Waals surface area contributed by atoms with E-state index >= 15 is 0 Å². The predicted molar refractivity (Wildman–Crippen MR) is 87.0 cm³/mol. The molecule has 0 atom stereocenters. The predicted octanol–water partition coefficient (Wildman–Crippen LogP) is 3.74. The van der Waals surface area contributed by atoms with Gasteiger partial charge >= 0.3 is 0 Å². The summed E-state index contributed by atoms with van der Waals surface area (Å²) in [5, 5.41) is 3.62. The van der Waals surface area contributed by atoms with E-state index in [0.717, 1.165) is 6.54 Å². The Bertz CT molecular complexity index is 390. The summed E-state index contributed by atoms with van der Waals surface area (Å²) in [7, 11) is 4.39. The van der Waals surface area contributed by atoms with Crippen LogP contribution in [0.15, 0.2) is 24.3 Å². The molecule has 0 aromatic heterocycles. The molecule has 0 spiro atoms. The molecular weight excluding hydrogens is 244 g/mol. The minimum atomic E-state index is 0.403. The van der Waals surface area contributed by atoms with Crippen LogP contribution in [-0.2, 0) is 6.54 Å². The Labute approximate surface area is 124 Å². The number of nitrogens with zero attached hydrogens (tertiary/aromatic N) is 1. The van der Waals surface area contributed by atoms with Crippen molar-refractivity contribution in [3.05, 3.63) is 35.4 Å². The Balaban J connectivity index is 1.81. The van der Waals surface area contributed by atoms with Crippen LogP contribution in [0.3, 0.4) is 0 Å². The molecule has 1 N–H and O–H groups in total. The first-order valence-corrected chi connectivity index (χ1v) is 8.07. The van der Waals surface area contributed by atoms with Crippen molar-refractivity contribution in [1.82, 2.24) is 10.2 Å². The van der Waals surface area contributed by atoms with E-state index in [-0.39, 0.29) is 0 Å². The fourth-order valence-corrected chi connectivity index (χ4v) is 3.34. The smallest absolute Gasteiger partial charge is 0.0230 e. The molecular formula is C18H30N2. The van der Waals surface area contributed by atoms with Crippen LogP contribution in [-0.4, -0.2) is 31.1 Å². The fourth-order valence-electron chi connectivity index (χ4n) is 3.34. The second kappa shape index (κ2) is 7.24. The van der Waals surface area contributed by atoms with Gasteiger partial charge < -0.3 is 10.2 Å². The molecule has 1 aliphatic carbocycles. The molecule has 2 rings (SSSR count). The van der Waals surface area contributed by atoms with E-state index in [0.29, 0.717) is 5.54 Å². The molecule has 1 fully saturated rings. The van der Waals surface area contributed by atoms with Gasteiger partial charge in [-0.25, -0.2) is 0 Å². The quantitative estimate of drug-likeness (QED) is 0.850. The maximum absolute atomic E-state index is 3.62. The lowest BCUT2D eigenvalue weighted by Gasteiger charge is -2.38. The van der Waals surface area contributed by atoms with Gasteiger partial charge in [-0.05, 0) is 52.4 Å². The Morgan fingerprint density at radius 1 is 1.10 bits per heavy atom. The minimum Gasteiger partial charge on any atom is -0.314 e. The second-order valence-electron chi connectivity index (χ2n) is 6.56. The van der Waals surface area contributed by atoms with Crippen molar-refractivity contribution in [3.8, 4) is 0 Å². The molecule has 1 aromatic carbocycles. The Hall–Kier alpha value is -0.860. The standard InChI is InChI=1S/C18H30N2/c1-16-7-9-17(10-8-16)15-20(3)14-13-18(19-2)11-5-4-6-12-18/h7-10,19H,4-6,11-15H2,1-3H3. The van der Waals surface area contributed by atoms with E-state index < -0.39 is 0 Å². The molecule has 1 aliphatic rings. The van der Waals surface area contributed by atoms with Gasteiger partial charge in [0, 0.05) is 12.1 Å². The van der Waals surface area contributed by atoms with Crippen LogP contribution in [0, 0.1) is 6.92 Å². The van der Waals surface area contributed by atoms with Gasteiger partial charge in [0.15, 0.2) is 0 Å². The lowest BCUT2D eigenvalue weighted by molar-refractivity contribution is 0.194. The number of nitrogens with one attached hydrogen (secondary N) is 1. The minimum absolute atomic E-state index is 0.403. The van der Waals surface area contributed by atoms with E-state index in [1.165, 1.54) is 56.2 Å². The summed E-state index contributed by atoms with van der Waals surface area (Å²) >= 11 is 0. The van der Waals surface area contributed by atoms with Gasteiger partial charge in [0.1, 0.15) is 0 Å². The molecule has 0 unspecified atom stereocenters. The highest BCUT2D eigenvalue weighted by molar-refractivity contribution is 5.21. The number of rotatable bonds is 6. The van der Waals surface area contributed by atoms with Crippen LogP contribution in [0.4, 0.5) is 0 Å². The van der Waals surface area contributed by atoms with Crippen LogP contribution in [0.1, 0.15) is 49.7 Å². The van der Waals surface area contributed by atoms with Gasteiger partial charge in [0.25, 0.3) is 0 Å². The summed E-state index contributed by atoms with van der Waals surface area (Å²) in [6.07, 6.45) is 8.17. The molecule has 1 aromatic rings. The molecule has 0 radical (unpaired) electrons. The summed E-state index contributed by atoms with van der Waals surface area (Å²) in [5.74, 6) is 0. The second-order valence-corrected chi connectivity index (χ2v) is 6.56. The molecule has 2 nitrogen and oxygen atoms in total. The zero-order valence-corrected chi connectivity index (χ0v) is 13.4. The van der Waals surface area contributed by atoms with Crippen molar-refractivity contribution in [2.75, 3.05) is 20.6 Å². The molecule has 0 bridgehead atoms. The molecule has 0 saturated heterocycles. The molecule has 0 heterocycles. The molecule has 1 saturated carbocycles. The average Bonchev–Trinajstić information content (AvgIpc) is 2.49. The molecule has 2 heteroatoms. The summed E-state index contributed by atoms with van der Waals surface area (Å²) in [6.45, 7) is 4.38. The van der Waals surface area contributed by atoms with Gasteiger partial charge in [-0.2, -0.15) is 0 Å². The summed E-state index contributed by atoms with van der Waals surface area (Å²) < 4.78 is 0. The average molecular weight is 274 g/mol. The van der Waals surface area contributed by atoms with E-state index in [2.05, 4.69) is 55.5 Å². The first kappa shape index (κ1) is 15.5. The highest BCUT2D eigenvalue weighted by Crippen LogP contribution is 2.30. The lowest BCUT2D eigenvalue weighted by Crippen LogP contribution is -2.46. The van der Waals surface area contributed by atoms with E-state index in [4.69, 9.17) is 0 Å². The number of aryl methyl sites for hydroxylation is 1. The zero-order chi connectivity index (χ0) is 14.4. The normalized spacial score (nSPS) is 18.4. The highest BCUT2D eigenvalue weighted by atomic mass is 15.1. The van der Waals surface area contributed by atoms with Crippen molar-refractivity contribution in [2.24, 2.45) is 0 Å². The zero-order valence-electron chi connectivity index (χ0n) is 13.4. The maximum atomic E-state index is 3.62.